The zero-order valence-electron chi connectivity index (χ0n) is 11.0. The minimum atomic E-state index is 0.527. The van der Waals surface area contributed by atoms with E-state index >= 15 is 0 Å². The van der Waals surface area contributed by atoms with Crippen molar-refractivity contribution in [1.29, 1.82) is 0 Å². The lowest BCUT2D eigenvalue weighted by molar-refractivity contribution is 0.118. The maximum atomic E-state index is 5.48. The van der Waals surface area contributed by atoms with Gasteiger partial charge in [-0.2, -0.15) is 0 Å². The number of rotatable bonds is 1. The Balaban J connectivity index is 1.97. The monoisotopic (exact) mass is 240 g/mol. The SMILES string of the molecule is CC1=CCC(=C2CCOCC2)[C@@H]1c1ccccc1. The molecule has 0 unspecified atom stereocenters. The van der Waals surface area contributed by atoms with Gasteiger partial charge >= 0.3 is 0 Å². The summed E-state index contributed by atoms with van der Waals surface area (Å²) >= 11 is 0. The van der Waals surface area contributed by atoms with Gasteiger partial charge in [-0.15, -0.1) is 0 Å². The molecular formula is C17H20O. The van der Waals surface area contributed by atoms with Gasteiger partial charge in [-0.25, -0.2) is 0 Å². The smallest absolute Gasteiger partial charge is 0.0503 e. The Morgan fingerprint density at radius 1 is 1.06 bits per heavy atom. The van der Waals surface area contributed by atoms with Gasteiger partial charge in [-0.05, 0) is 31.7 Å². The van der Waals surface area contributed by atoms with Crippen LogP contribution >= 0.6 is 0 Å². The lowest BCUT2D eigenvalue weighted by Crippen LogP contribution is -2.11. The average Bonchev–Trinajstić information content (AvgIpc) is 2.83. The fraction of sp³-hybridized carbons (Fsp3) is 0.412. The molecule has 0 radical (unpaired) electrons. The summed E-state index contributed by atoms with van der Waals surface area (Å²) in [6.45, 7) is 4.07. The second kappa shape index (κ2) is 5.11. The van der Waals surface area contributed by atoms with Crippen molar-refractivity contribution in [2.24, 2.45) is 0 Å². The first-order valence-corrected chi connectivity index (χ1v) is 6.86. The Bertz CT molecular complexity index is 474. The van der Waals surface area contributed by atoms with Gasteiger partial charge in [0.05, 0.1) is 13.2 Å². The maximum absolute atomic E-state index is 5.48. The van der Waals surface area contributed by atoms with E-state index in [4.69, 9.17) is 4.74 Å². The van der Waals surface area contributed by atoms with Crippen molar-refractivity contribution in [3.8, 4) is 0 Å². The third kappa shape index (κ3) is 2.15. The van der Waals surface area contributed by atoms with Gasteiger partial charge < -0.3 is 4.74 Å². The highest BCUT2D eigenvalue weighted by Gasteiger charge is 2.26. The van der Waals surface area contributed by atoms with Crippen molar-refractivity contribution in [3.05, 3.63) is 58.7 Å². The molecular weight excluding hydrogens is 220 g/mol. The van der Waals surface area contributed by atoms with Crippen LogP contribution in [0, 0.1) is 0 Å². The van der Waals surface area contributed by atoms with E-state index in [0.29, 0.717) is 5.92 Å². The Morgan fingerprint density at radius 3 is 2.50 bits per heavy atom. The molecule has 2 aliphatic rings. The van der Waals surface area contributed by atoms with Gasteiger partial charge in [0.2, 0.25) is 0 Å². The van der Waals surface area contributed by atoms with E-state index in [0.717, 1.165) is 32.5 Å². The predicted molar refractivity (Wildman–Crippen MR) is 74.6 cm³/mol. The van der Waals surface area contributed by atoms with Crippen LogP contribution in [0.3, 0.4) is 0 Å². The lowest BCUT2D eigenvalue weighted by Gasteiger charge is -2.23. The maximum Gasteiger partial charge on any atom is 0.0503 e. The molecule has 1 nitrogen and oxygen atoms in total. The van der Waals surface area contributed by atoms with E-state index in [1.807, 2.05) is 0 Å². The summed E-state index contributed by atoms with van der Waals surface area (Å²) in [5.74, 6) is 0.527. The Kier molecular flexibility index (Phi) is 3.33. The van der Waals surface area contributed by atoms with E-state index in [-0.39, 0.29) is 0 Å². The van der Waals surface area contributed by atoms with E-state index in [1.54, 1.807) is 11.1 Å². The highest BCUT2D eigenvalue weighted by molar-refractivity contribution is 5.45. The van der Waals surface area contributed by atoms with Gasteiger partial charge in [0.15, 0.2) is 0 Å². The molecule has 0 N–H and O–H groups in total. The Hall–Kier alpha value is -1.34. The van der Waals surface area contributed by atoms with E-state index in [9.17, 15) is 0 Å². The van der Waals surface area contributed by atoms with Crippen molar-refractivity contribution in [1.82, 2.24) is 0 Å². The molecule has 1 aliphatic carbocycles. The molecule has 1 heterocycles. The molecule has 0 amide bonds. The predicted octanol–water partition coefficient (Wildman–Crippen LogP) is 4.23. The minimum absolute atomic E-state index is 0.527. The summed E-state index contributed by atoms with van der Waals surface area (Å²) in [7, 11) is 0. The second-order valence-electron chi connectivity index (χ2n) is 5.24. The third-order valence-corrected chi connectivity index (χ3v) is 4.13. The van der Waals surface area contributed by atoms with Gasteiger partial charge in [0, 0.05) is 5.92 Å². The fourth-order valence-electron chi connectivity index (χ4n) is 3.18. The standard InChI is InChI=1S/C17H20O/c1-13-7-8-16(14-9-11-18-12-10-14)17(13)15-5-3-2-4-6-15/h2-7,17H,8-12H2,1H3/t17-/m0/s1. The molecule has 94 valence electrons. The van der Waals surface area contributed by atoms with Crippen LogP contribution in [-0.4, -0.2) is 13.2 Å². The molecule has 0 spiro atoms. The largest absolute Gasteiger partial charge is 0.381 e. The van der Waals surface area contributed by atoms with E-state index < -0.39 is 0 Å². The topological polar surface area (TPSA) is 9.23 Å². The van der Waals surface area contributed by atoms with Crippen molar-refractivity contribution >= 4 is 0 Å². The van der Waals surface area contributed by atoms with Crippen LogP contribution in [0.5, 0.6) is 0 Å². The first kappa shape index (κ1) is 11.7. The molecule has 18 heavy (non-hydrogen) atoms. The molecule has 1 aromatic carbocycles. The number of benzene rings is 1. The summed E-state index contributed by atoms with van der Waals surface area (Å²) in [6, 6.07) is 10.9. The zero-order chi connectivity index (χ0) is 12.4. The molecule has 1 atom stereocenters. The Labute approximate surface area is 109 Å². The quantitative estimate of drug-likeness (QED) is 0.668. The average molecular weight is 240 g/mol. The van der Waals surface area contributed by atoms with Gasteiger partial charge in [0.25, 0.3) is 0 Å². The first-order valence-electron chi connectivity index (χ1n) is 6.86. The van der Waals surface area contributed by atoms with Crippen molar-refractivity contribution in [3.63, 3.8) is 0 Å². The number of allylic oxidation sites excluding steroid dienone is 3. The van der Waals surface area contributed by atoms with E-state index in [2.05, 4.69) is 43.3 Å². The van der Waals surface area contributed by atoms with Crippen LogP contribution < -0.4 is 0 Å². The number of hydrogen-bond donors (Lipinski definition) is 0. The first-order chi connectivity index (χ1) is 8.86. The summed E-state index contributed by atoms with van der Waals surface area (Å²) in [6.07, 6.45) is 5.79. The number of hydrogen-bond acceptors (Lipinski definition) is 1. The molecule has 0 bridgehead atoms. The van der Waals surface area contributed by atoms with Crippen LogP contribution in [0.2, 0.25) is 0 Å². The molecule has 0 saturated carbocycles. The van der Waals surface area contributed by atoms with Crippen LogP contribution in [0.15, 0.2) is 53.1 Å². The Morgan fingerprint density at radius 2 is 1.78 bits per heavy atom. The van der Waals surface area contributed by atoms with Crippen molar-refractivity contribution in [2.75, 3.05) is 13.2 Å². The molecule has 1 aliphatic heterocycles. The minimum Gasteiger partial charge on any atom is -0.381 e. The zero-order valence-corrected chi connectivity index (χ0v) is 11.0. The van der Waals surface area contributed by atoms with Crippen LogP contribution in [0.1, 0.15) is 37.7 Å². The normalized spacial score (nSPS) is 24.3. The van der Waals surface area contributed by atoms with Gasteiger partial charge in [-0.1, -0.05) is 53.1 Å². The molecule has 3 rings (SSSR count). The summed E-state index contributed by atoms with van der Waals surface area (Å²) in [5.41, 5.74) is 6.23. The van der Waals surface area contributed by atoms with Gasteiger partial charge in [-0.3, -0.25) is 0 Å². The van der Waals surface area contributed by atoms with Crippen LogP contribution in [-0.2, 0) is 4.74 Å². The second-order valence-corrected chi connectivity index (χ2v) is 5.24. The molecule has 1 heteroatoms. The highest BCUT2D eigenvalue weighted by atomic mass is 16.5. The van der Waals surface area contributed by atoms with Gasteiger partial charge in [0.1, 0.15) is 0 Å². The third-order valence-electron chi connectivity index (χ3n) is 4.13. The summed E-state index contributed by atoms with van der Waals surface area (Å²) in [5, 5.41) is 0. The highest BCUT2D eigenvalue weighted by Crippen LogP contribution is 2.42. The molecule has 0 aromatic heterocycles. The van der Waals surface area contributed by atoms with Crippen molar-refractivity contribution < 1.29 is 4.74 Å². The van der Waals surface area contributed by atoms with E-state index in [1.165, 1.54) is 11.1 Å². The summed E-state index contributed by atoms with van der Waals surface area (Å²) in [4.78, 5) is 0. The molecule has 1 fully saturated rings. The number of ether oxygens (including phenoxy) is 1. The van der Waals surface area contributed by atoms with Crippen LogP contribution in [0.25, 0.3) is 0 Å². The molecule has 1 saturated heterocycles. The lowest BCUT2D eigenvalue weighted by atomic mass is 9.85. The fourth-order valence-corrected chi connectivity index (χ4v) is 3.18. The summed E-state index contributed by atoms with van der Waals surface area (Å²) < 4.78 is 5.48. The van der Waals surface area contributed by atoms with Crippen LogP contribution in [0.4, 0.5) is 0 Å². The van der Waals surface area contributed by atoms with Crippen molar-refractivity contribution in [2.45, 2.75) is 32.1 Å². The molecule has 1 aromatic rings.